The van der Waals surface area contributed by atoms with Gasteiger partial charge in [-0.05, 0) is 83.3 Å². The second-order valence-electron chi connectivity index (χ2n) is 13.2. The molecule has 2 aliphatic heterocycles. The molecule has 0 aliphatic carbocycles. The van der Waals surface area contributed by atoms with Crippen molar-refractivity contribution in [1.29, 1.82) is 0 Å². The van der Waals surface area contributed by atoms with Gasteiger partial charge < -0.3 is 24.0 Å². The Kier molecular flexibility index (Phi) is 23.0. The summed E-state index contributed by atoms with van der Waals surface area (Å²) < 4.78 is 12.6. The molecule has 0 bridgehead atoms. The van der Waals surface area contributed by atoms with Gasteiger partial charge in [0.15, 0.2) is 6.29 Å². The van der Waals surface area contributed by atoms with E-state index >= 15 is 0 Å². The fourth-order valence-corrected chi connectivity index (χ4v) is 5.68. The first-order chi connectivity index (χ1) is 21.4. The minimum atomic E-state index is -0.614. The number of ether oxygens (including phenoxy) is 2. The summed E-state index contributed by atoms with van der Waals surface area (Å²) in [5.74, 6) is -0.311. The Morgan fingerprint density at radius 1 is 1.00 bits per heavy atom. The van der Waals surface area contributed by atoms with Crippen LogP contribution in [-0.4, -0.2) is 88.4 Å². The standard InChI is InChI=1S/C25H44N4O3.C7H14O2.C2H6.C2H4/c1-6-22-23(30)10-12-25(2,3)11-9-13-27(4)15-16-29(14-7-8-17-32-24(22)31)19-21-18-28(5)20-26-21;1-5-3-6(2)9-7(8)4-5;2*1-2/h18,20,22H,6-17,19H2,1-5H3;5-8H,3-4H2,1-2H3;1-2H3;1-2H2/t;5-,6+,7+;;/m.0../s1. The van der Waals surface area contributed by atoms with Gasteiger partial charge in [-0.25, -0.2) is 4.98 Å². The molecule has 1 aromatic heterocycles. The summed E-state index contributed by atoms with van der Waals surface area (Å²) in [5.41, 5.74) is 1.17. The third kappa shape index (κ3) is 19.3. The van der Waals surface area contributed by atoms with Crippen LogP contribution in [0.25, 0.3) is 0 Å². The molecule has 1 N–H and O–H groups in total. The number of aryl methyl sites for hydroxylation is 1. The Hall–Kier alpha value is -2.07. The van der Waals surface area contributed by atoms with E-state index in [0.717, 1.165) is 83.4 Å². The van der Waals surface area contributed by atoms with Gasteiger partial charge in [-0.15, -0.1) is 13.2 Å². The molecule has 2 fully saturated rings. The average Bonchev–Trinajstić information content (AvgIpc) is 3.40. The fraction of sp³-hybridized carbons (Fsp3) is 0.806. The first-order valence-electron chi connectivity index (χ1n) is 17.3. The average molecular weight is 637 g/mol. The van der Waals surface area contributed by atoms with Crippen LogP contribution in [0.15, 0.2) is 25.7 Å². The quantitative estimate of drug-likeness (QED) is 0.224. The zero-order valence-electron chi connectivity index (χ0n) is 30.4. The Balaban J connectivity index is 0.00000125. The normalized spacial score (nSPS) is 26.3. The van der Waals surface area contributed by atoms with E-state index in [9.17, 15) is 9.59 Å². The third-order valence-corrected chi connectivity index (χ3v) is 8.31. The summed E-state index contributed by atoms with van der Waals surface area (Å²) in [6.45, 7) is 25.7. The smallest absolute Gasteiger partial charge is 0.316 e. The molecular weight excluding hydrogens is 568 g/mol. The summed E-state index contributed by atoms with van der Waals surface area (Å²) in [7, 11) is 4.19. The highest BCUT2D eigenvalue weighted by atomic mass is 16.6. The van der Waals surface area contributed by atoms with Crippen LogP contribution in [0.1, 0.15) is 112 Å². The number of carbonyl (C=O) groups excluding carboxylic acids is 2. The predicted molar refractivity (Wildman–Crippen MR) is 185 cm³/mol. The van der Waals surface area contributed by atoms with Crippen molar-refractivity contribution in [2.24, 2.45) is 24.3 Å². The molecule has 0 aromatic carbocycles. The summed E-state index contributed by atoms with van der Waals surface area (Å²) in [6, 6.07) is 0. The highest BCUT2D eigenvalue weighted by Crippen LogP contribution is 2.29. The van der Waals surface area contributed by atoms with E-state index < -0.39 is 12.2 Å². The second kappa shape index (κ2) is 24.2. The number of cyclic esters (lactones) is 1. The number of nitrogens with zero attached hydrogens (tertiary/aromatic N) is 4. The summed E-state index contributed by atoms with van der Waals surface area (Å²) in [6.07, 6.45) is 11.2. The minimum Gasteiger partial charge on any atom is -0.465 e. The van der Waals surface area contributed by atoms with Gasteiger partial charge >= 0.3 is 5.97 Å². The van der Waals surface area contributed by atoms with Crippen LogP contribution in [0, 0.1) is 17.3 Å². The molecule has 45 heavy (non-hydrogen) atoms. The Labute approximate surface area is 275 Å². The maximum absolute atomic E-state index is 12.7. The Morgan fingerprint density at radius 2 is 1.69 bits per heavy atom. The Bertz CT molecular complexity index is 896. The van der Waals surface area contributed by atoms with E-state index in [0.29, 0.717) is 25.4 Å². The van der Waals surface area contributed by atoms with Crippen molar-refractivity contribution < 1.29 is 24.2 Å². The first-order valence-corrected chi connectivity index (χ1v) is 17.3. The van der Waals surface area contributed by atoms with E-state index in [1.54, 1.807) is 0 Å². The summed E-state index contributed by atoms with van der Waals surface area (Å²) in [5, 5.41) is 9.03. The molecule has 0 saturated carbocycles. The van der Waals surface area contributed by atoms with Crippen molar-refractivity contribution in [2.75, 3.05) is 39.8 Å². The molecule has 3 heterocycles. The molecule has 262 valence electrons. The number of imidazole rings is 1. The molecule has 0 amide bonds. The van der Waals surface area contributed by atoms with Crippen molar-refractivity contribution in [2.45, 2.75) is 125 Å². The SMILES string of the molecule is C=C.CC.CCC1C(=O)CCC(C)(C)CCCN(C)CCN(Cc2cn(C)cn2)CCCCOC1=O.C[C@H]1C[C@@H](C)O[C@@H](O)C1. The number of hydrogen-bond donors (Lipinski definition) is 1. The lowest BCUT2D eigenvalue weighted by atomic mass is 9.81. The van der Waals surface area contributed by atoms with E-state index in [2.05, 4.69) is 62.0 Å². The number of rotatable bonds is 3. The third-order valence-electron chi connectivity index (χ3n) is 8.31. The van der Waals surface area contributed by atoms with Gasteiger partial charge in [0.2, 0.25) is 0 Å². The van der Waals surface area contributed by atoms with Gasteiger partial charge in [-0.1, -0.05) is 41.5 Å². The van der Waals surface area contributed by atoms with E-state index in [-0.39, 0.29) is 23.3 Å². The molecule has 1 aromatic rings. The maximum atomic E-state index is 12.7. The molecule has 9 heteroatoms. The largest absolute Gasteiger partial charge is 0.465 e. The number of hydrogen-bond acceptors (Lipinski definition) is 8. The number of Topliss-reactive ketones (excluding diaryl/α,β-unsaturated/α-hetero) is 1. The maximum Gasteiger partial charge on any atom is 0.316 e. The first kappa shape index (κ1) is 42.9. The van der Waals surface area contributed by atoms with Crippen molar-refractivity contribution >= 4 is 11.8 Å². The molecule has 2 saturated heterocycles. The van der Waals surface area contributed by atoms with Gasteiger partial charge in [0.05, 0.1) is 24.7 Å². The zero-order chi connectivity index (χ0) is 34.4. The van der Waals surface area contributed by atoms with Crippen LogP contribution in [0.2, 0.25) is 0 Å². The number of aliphatic hydroxyl groups is 1. The van der Waals surface area contributed by atoms with Gasteiger partial charge in [0.1, 0.15) is 11.7 Å². The van der Waals surface area contributed by atoms with Crippen LogP contribution in [0.3, 0.4) is 0 Å². The topological polar surface area (TPSA) is 97.1 Å². The molecule has 0 radical (unpaired) electrons. The van der Waals surface area contributed by atoms with Crippen LogP contribution >= 0.6 is 0 Å². The lowest BCUT2D eigenvalue weighted by Crippen LogP contribution is -2.34. The molecule has 9 nitrogen and oxygen atoms in total. The monoisotopic (exact) mass is 637 g/mol. The Morgan fingerprint density at radius 3 is 2.27 bits per heavy atom. The van der Waals surface area contributed by atoms with E-state index in [1.807, 2.05) is 45.6 Å². The molecule has 0 spiro atoms. The van der Waals surface area contributed by atoms with Crippen LogP contribution in [0.4, 0.5) is 0 Å². The zero-order valence-corrected chi connectivity index (χ0v) is 30.4. The van der Waals surface area contributed by atoms with Crippen LogP contribution in [-0.2, 0) is 32.7 Å². The van der Waals surface area contributed by atoms with Gasteiger partial charge in [-0.2, -0.15) is 0 Å². The lowest BCUT2D eigenvalue weighted by Gasteiger charge is -2.28. The molecular formula is C36H68N4O5. The number of esters is 1. The number of aliphatic hydroxyl groups excluding tert-OH is 1. The molecule has 3 rings (SSSR count). The van der Waals surface area contributed by atoms with Crippen molar-refractivity contribution in [3.63, 3.8) is 0 Å². The number of aromatic nitrogens is 2. The minimum absolute atomic E-state index is 0.0327. The summed E-state index contributed by atoms with van der Waals surface area (Å²) in [4.78, 5) is 34.5. The molecule has 4 atom stereocenters. The number of likely N-dealkylation sites (N-methyl/N-ethyl adjacent to an activating group) is 1. The predicted octanol–water partition coefficient (Wildman–Crippen LogP) is 6.64. The van der Waals surface area contributed by atoms with Gasteiger partial charge in [0.25, 0.3) is 0 Å². The van der Waals surface area contributed by atoms with Gasteiger partial charge in [-0.3, -0.25) is 14.5 Å². The number of carbonyl (C=O) groups is 2. The molecule has 1 unspecified atom stereocenters. The number of ketones is 1. The highest BCUT2D eigenvalue weighted by Gasteiger charge is 2.28. The molecule has 2 aliphatic rings. The fourth-order valence-electron chi connectivity index (χ4n) is 5.68. The van der Waals surface area contributed by atoms with E-state index in [4.69, 9.17) is 14.6 Å². The van der Waals surface area contributed by atoms with Crippen LogP contribution < -0.4 is 0 Å². The van der Waals surface area contributed by atoms with Gasteiger partial charge in [0, 0.05) is 45.7 Å². The van der Waals surface area contributed by atoms with Crippen LogP contribution in [0.5, 0.6) is 0 Å². The second-order valence-corrected chi connectivity index (χ2v) is 13.2. The summed E-state index contributed by atoms with van der Waals surface area (Å²) >= 11 is 0. The lowest BCUT2D eigenvalue weighted by molar-refractivity contribution is -0.169. The van der Waals surface area contributed by atoms with Crippen molar-refractivity contribution in [3.8, 4) is 0 Å². The van der Waals surface area contributed by atoms with E-state index in [1.165, 1.54) is 0 Å². The highest BCUT2D eigenvalue weighted by molar-refractivity contribution is 5.98. The van der Waals surface area contributed by atoms with Crippen molar-refractivity contribution in [3.05, 3.63) is 31.4 Å². The van der Waals surface area contributed by atoms with Crippen molar-refractivity contribution in [1.82, 2.24) is 19.4 Å².